The van der Waals surface area contributed by atoms with E-state index in [1.54, 1.807) is 13.0 Å². The molecule has 0 bridgehead atoms. The molecule has 4 nitrogen and oxygen atoms in total. The minimum atomic E-state index is -4.40. The van der Waals surface area contributed by atoms with E-state index in [4.69, 9.17) is 0 Å². The number of fused-ring (bicyclic) bond motifs is 1. The molecule has 0 aliphatic carbocycles. The lowest BCUT2D eigenvalue weighted by Crippen LogP contribution is -2.37. The van der Waals surface area contributed by atoms with E-state index < -0.39 is 18.8 Å². The Balaban J connectivity index is 1.69. The number of benzene rings is 2. The number of carbonyl (C=O) groups is 1. The van der Waals surface area contributed by atoms with Gasteiger partial charge < -0.3 is 15.0 Å². The third-order valence-corrected chi connectivity index (χ3v) is 4.57. The predicted molar refractivity (Wildman–Crippen MR) is 106 cm³/mol. The van der Waals surface area contributed by atoms with Crippen molar-refractivity contribution >= 4 is 16.8 Å². The van der Waals surface area contributed by atoms with Crippen LogP contribution in [0.5, 0.6) is 0 Å². The molecule has 0 aliphatic heterocycles. The predicted octanol–water partition coefficient (Wildman–Crippen LogP) is 4.99. The molecule has 2 aromatic carbocycles. The maximum Gasteiger partial charge on any atom is 0.411 e. The summed E-state index contributed by atoms with van der Waals surface area (Å²) in [5, 5.41) is 3.33. The Kier molecular flexibility index (Phi) is 6.77. The zero-order valence-electron chi connectivity index (χ0n) is 16.4. The molecule has 0 fully saturated rings. The van der Waals surface area contributed by atoms with Crippen LogP contribution in [0.1, 0.15) is 18.9 Å². The van der Waals surface area contributed by atoms with E-state index in [2.05, 4.69) is 15.0 Å². The normalized spacial score (nSPS) is 12.8. The van der Waals surface area contributed by atoms with Crippen LogP contribution < -0.4 is 5.32 Å². The summed E-state index contributed by atoms with van der Waals surface area (Å²) in [6.45, 7) is -0.0158. The van der Waals surface area contributed by atoms with Gasteiger partial charge in [0.15, 0.2) is 0 Å². The molecule has 160 valence electrons. The Morgan fingerprint density at radius 1 is 1.17 bits per heavy atom. The number of aromatic amines is 1. The van der Waals surface area contributed by atoms with Gasteiger partial charge in [-0.15, -0.1) is 0 Å². The second kappa shape index (κ2) is 9.30. The van der Waals surface area contributed by atoms with Crippen LogP contribution in [-0.2, 0) is 16.0 Å². The summed E-state index contributed by atoms with van der Waals surface area (Å²) in [5.74, 6) is -0.690. The molecule has 1 amide bonds. The van der Waals surface area contributed by atoms with Gasteiger partial charge in [0.2, 0.25) is 5.91 Å². The van der Waals surface area contributed by atoms with E-state index in [1.165, 1.54) is 12.1 Å². The molecule has 1 atom stereocenters. The summed E-state index contributed by atoms with van der Waals surface area (Å²) in [4.78, 5) is 15.6. The van der Waals surface area contributed by atoms with Gasteiger partial charge in [-0.1, -0.05) is 30.3 Å². The van der Waals surface area contributed by atoms with Crippen LogP contribution in [0, 0.1) is 5.82 Å². The van der Waals surface area contributed by atoms with Crippen molar-refractivity contribution in [2.75, 3.05) is 13.2 Å². The fourth-order valence-electron chi connectivity index (χ4n) is 3.31. The molecular weight excluding hydrogens is 400 g/mol. The lowest BCUT2D eigenvalue weighted by atomic mass is 10.0. The number of carbonyl (C=O) groups excluding carboxylic acids is 1. The fourth-order valence-corrected chi connectivity index (χ4v) is 3.31. The maximum absolute atomic E-state index is 13.8. The molecule has 0 saturated heterocycles. The smallest absolute Gasteiger partial charge is 0.370 e. The lowest BCUT2D eigenvalue weighted by molar-refractivity contribution is -0.175. The minimum Gasteiger partial charge on any atom is -0.370 e. The molecule has 1 unspecified atom stereocenters. The number of alkyl halides is 3. The summed E-state index contributed by atoms with van der Waals surface area (Å²) >= 11 is 0. The van der Waals surface area contributed by atoms with Crippen LogP contribution in [-0.4, -0.2) is 36.3 Å². The lowest BCUT2D eigenvalue weighted by Gasteiger charge is -2.15. The highest BCUT2D eigenvalue weighted by atomic mass is 19.4. The number of hydrogen-bond acceptors (Lipinski definition) is 2. The van der Waals surface area contributed by atoms with E-state index in [-0.39, 0.29) is 24.8 Å². The third-order valence-electron chi connectivity index (χ3n) is 4.57. The van der Waals surface area contributed by atoms with Crippen molar-refractivity contribution in [3.8, 4) is 11.3 Å². The number of rotatable bonds is 8. The number of halogens is 4. The summed E-state index contributed by atoms with van der Waals surface area (Å²) < 4.78 is 54.8. The highest BCUT2D eigenvalue weighted by Gasteiger charge is 2.27. The van der Waals surface area contributed by atoms with Gasteiger partial charge in [-0.25, -0.2) is 4.39 Å². The van der Waals surface area contributed by atoms with Gasteiger partial charge in [-0.05, 0) is 42.7 Å². The monoisotopic (exact) mass is 422 g/mol. The summed E-state index contributed by atoms with van der Waals surface area (Å²) in [6.07, 6.45) is -3.95. The third kappa shape index (κ3) is 5.82. The van der Waals surface area contributed by atoms with E-state index in [0.717, 1.165) is 22.3 Å². The Morgan fingerprint density at radius 2 is 1.90 bits per heavy atom. The molecule has 30 heavy (non-hydrogen) atoms. The first-order valence-electron chi connectivity index (χ1n) is 9.52. The van der Waals surface area contributed by atoms with Gasteiger partial charge in [0, 0.05) is 29.1 Å². The van der Waals surface area contributed by atoms with E-state index in [1.807, 2.05) is 30.3 Å². The van der Waals surface area contributed by atoms with Crippen molar-refractivity contribution in [2.45, 2.75) is 32.0 Å². The highest BCUT2D eigenvalue weighted by Crippen LogP contribution is 2.31. The van der Waals surface area contributed by atoms with Gasteiger partial charge in [-0.3, -0.25) is 4.79 Å². The van der Waals surface area contributed by atoms with Crippen LogP contribution in [0.15, 0.2) is 48.5 Å². The average molecular weight is 422 g/mol. The molecule has 1 heterocycles. The summed E-state index contributed by atoms with van der Waals surface area (Å²) in [6, 6.07) is 13.4. The van der Waals surface area contributed by atoms with Gasteiger partial charge in [0.05, 0.1) is 6.61 Å². The molecule has 0 spiro atoms. The second-order valence-electron chi connectivity index (χ2n) is 7.13. The molecule has 2 N–H and O–H groups in total. The van der Waals surface area contributed by atoms with E-state index in [9.17, 15) is 22.4 Å². The molecule has 3 rings (SSSR count). The second-order valence-corrected chi connectivity index (χ2v) is 7.13. The molecule has 8 heteroatoms. The van der Waals surface area contributed by atoms with Gasteiger partial charge in [0.25, 0.3) is 0 Å². The van der Waals surface area contributed by atoms with Gasteiger partial charge >= 0.3 is 6.18 Å². The molecule has 1 aromatic heterocycles. The van der Waals surface area contributed by atoms with E-state index >= 15 is 0 Å². The topological polar surface area (TPSA) is 54.1 Å². The Labute approximate surface area is 171 Å². The quantitative estimate of drug-likeness (QED) is 0.503. The first kappa shape index (κ1) is 21.8. The van der Waals surface area contributed by atoms with Crippen LogP contribution in [0.3, 0.4) is 0 Å². The van der Waals surface area contributed by atoms with Crippen molar-refractivity contribution < 1.29 is 27.1 Å². The zero-order chi connectivity index (χ0) is 21.7. The molecule has 3 aromatic rings. The van der Waals surface area contributed by atoms with Crippen LogP contribution >= 0.6 is 0 Å². The largest absolute Gasteiger partial charge is 0.411 e. The highest BCUT2D eigenvalue weighted by molar-refractivity contribution is 5.91. The Hall–Kier alpha value is -2.87. The number of ether oxygens (including phenoxy) is 1. The van der Waals surface area contributed by atoms with Crippen molar-refractivity contribution in [1.82, 2.24) is 10.3 Å². The van der Waals surface area contributed by atoms with Crippen molar-refractivity contribution in [3.63, 3.8) is 0 Å². The minimum absolute atomic E-state index is 0.104. The van der Waals surface area contributed by atoms with Gasteiger partial charge in [-0.2, -0.15) is 13.2 Å². The molecule has 0 saturated carbocycles. The fraction of sp³-hybridized carbons (Fsp3) is 0.318. The van der Waals surface area contributed by atoms with Gasteiger partial charge in [0.1, 0.15) is 12.4 Å². The van der Waals surface area contributed by atoms with Crippen molar-refractivity contribution in [2.24, 2.45) is 0 Å². The SMILES string of the molecule is CC(COCC(F)(F)F)NC(=O)CCc1c(-c2ccccc2)[nH]c2ccc(F)cc12. The Morgan fingerprint density at radius 3 is 2.60 bits per heavy atom. The number of H-pyrrole nitrogens is 1. The molecular formula is C22H22F4N2O2. The van der Waals surface area contributed by atoms with Crippen molar-refractivity contribution in [1.29, 1.82) is 0 Å². The number of hydrogen-bond donors (Lipinski definition) is 2. The number of aromatic nitrogens is 1. The average Bonchev–Trinajstić information content (AvgIpc) is 3.03. The van der Waals surface area contributed by atoms with Crippen LogP contribution in [0.4, 0.5) is 17.6 Å². The number of aryl methyl sites for hydroxylation is 1. The van der Waals surface area contributed by atoms with Crippen LogP contribution in [0.2, 0.25) is 0 Å². The molecule has 0 aliphatic rings. The molecule has 0 radical (unpaired) electrons. The first-order valence-corrected chi connectivity index (χ1v) is 9.52. The Bertz CT molecular complexity index is 1000. The number of amides is 1. The van der Waals surface area contributed by atoms with Crippen molar-refractivity contribution in [3.05, 3.63) is 59.9 Å². The summed E-state index contributed by atoms with van der Waals surface area (Å²) in [7, 11) is 0. The standard InChI is InChI=1S/C22H22F4N2O2/c1-14(12-30-13-22(24,25)26)27-20(29)10-8-17-18-11-16(23)7-9-19(18)28-21(17)15-5-3-2-4-6-15/h2-7,9,11,14,28H,8,10,12-13H2,1H3,(H,27,29). The first-order chi connectivity index (χ1) is 14.2. The van der Waals surface area contributed by atoms with Crippen LogP contribution in [0.25, 0.3) is 22.2 Å². The zero-order valence-corrected chi connectivity index (χ0v) is 16.4. The van der Waals surface area contributed by atoms with E-state index in [0.29, 0.717) is 11.8 Å². The number of nitrogens with one attached hydrogen (secondary N) is 2. The maximum atomic E-state index is 13.8. The summed E-state index contributed by atoms with van der Waals surface area (Å²) in [5.41, 5.74) is 3.30.